The van der Waals surface area contributed by atoms with E-state index in [1.165, 1.54) is 25.9 Å². The zero-order valence-electron chi connectivity index (χ0n) is 12.2. The van der Waals surface area contributed by atoms with E-state index < -0.39 is 5.60 Å². The number of aliphatic hydroxyl groups is 1. The Labute approximate surface area is 130 Å². The zero-order valence-corrected chi connectivity index (χ0v) is 13.0. The lowest BCUT2D eigenvalue weighted by Crippen LogP contribution is -3.16. The number of hydrogen-bond donors (Lipinski definition) is 2. The average molecular weight is 300 g/mol. The van der Waals surface area contributed by atoms with Crippen LogP contribution in [-0.4, -0.2) is 24.7 Å². The Morgan fingerprint density at radius 1 is 1.05 bits per heavy atom. The van der Waals surface area contributed by atoms with Crippen LogP contribution in [0.1, 0.15) is 23.3 Å². The van der Waals surface area contributed by atoms with Gasteiger partial charge in [-0.15, -0.1) is 11.3 Å². The fourth-order valence-electron chi connectivity index (χ4n) is 4.35. The van der Waals surface area contributed by atoms with E-state index in [0.29, 0.717) is 11.8 Å². The van der Waals surface area contributed by atoms with Crippen molar-refractivity contribution in [1.29, 1.82) is 0 Å². The summed E-state index contributed by atoms with van der Waals surface area (Å²) in [6.45, 7) is 3.68. The molecule has 3 aliphatic rings. The molecule has 3 heteroatoms. The third-order valence-corrected chi connectivity index (χ3v) is 6.46. The van der Waals surface area contributed by atoms with Crippen LogP contribution in [0, 0.1) is 11.8 Å². The van der Waals surface area contributed by atoms with Gasteiger partial charge in [0.2, 0.25) is 0 Å². The Morgan fingerprint density at radius 3 is 2.38 bits per heavy atom. The van der Waals surface area contributed by atoms with E-state index in [9.17, 15) is 5.11 Å². The second kappa shape index (κ2) is 5.24. The van der Waals surface area contributed by atoms with Gasteiger partial charge in [0.1, 0.15) is 5.60 Å². The first kappa shape index (κ1) is 13.5. The van der Waals surface area contributed by atoms with Crippen LogP contribution in [0.5, 0.6) is 0 Å². The third kappa shape index (κ3) is 2.15. The van der Waals surface area contributed by atoms with Gasteiger partial charge in [0, 0.05) is 23.6 Å². The maximum atomic E-state index is 11.8. The molecule has 1 aromatic carbocycles. The van der Waals surface area contributed by atoms with Crippen molar-refractivity contribution in [1.82, 2.24) is 0 Å². The summed E-state index contributed by atoms with van der Waals surface area (Å²) in [6.07, 6.45) is 2.53. The van der Waals surface area contributed by atoms with Gasteiger partial charge < -0.3 is 10.0 Å². The Morgan fingerprint density at radius 2 is 1.81 bits per heavy atom. The largest absolute Gasteiger partial charge is 0.379 e. The van der Waals surface area contributed by atoms with E-state index in [-0.39, 0.29) is 0 Å². The number of nitrogens with one attached hydrogen (secondary N) is 1. The predicted octanol–water partition coefficient (Wildman–Crippen LogP) is 1.91. The molecule has 0 radical (unpaired) electrons. The van der Waals surface area contributed by atoms with Gasteiger partial charge in [-0.3, -0.25) is 0 Å². The summed E-state index contributed by atoms with van der Waals surface area (Å²) in [5.74, 6) is 1.01. The van der Waals surface area contributed by atoms with E-state index in [2.05, 4.69) is 29.6 Å². The summed E-state index contributed by atoms with van der Waals surface area (Å²) in [6, 6.07) is 14.5. The van der Waals surface area contributed by atoms with Crippen molar-refractivity contribution >= 4 is 11.3 Å². The van der Waals surface area contributed by atoms with Crippen LogP contribution in [0.15, 0.2) is 47.8 Å². The molecule has 0 spiro atoms. The molecule has 4 heterocycles. The molecular formula is C18H22NOS+. The van der Waals surface area contributed by atoms with Gasteiger partial charge in [-0.05, 0) is 22.9 Å². The first-order valence-electron chi connectivity index (χ1n) is 7.94. The topological polar surface area (TPSA) is 24.7 Å². The molecule has 0 aliphatic carbocycles. The van der Waals surface area contributed by atoms with Crippen molar-refractivity contribution in [2.75, 3.05) is 19.6 Å². The van der Waals surface area contributed by atoms with Gasteiger partial charge in [0.15, 0.2) is 0 Å². The minimum absolute atomic E-state index is 0.344. The molecule has 2 aromatic rings. The first-order valence-corrected chi connectivity index (χ1v) is 8.82. The van der Waals surface area contributed by atoms with Gasteiger partial charge in [-0.1, -0.05) is 36.4 Å². The Balaban J connectivity index is 1.81. The van der Waals surface area contributed by atoms with Crippen molar-refractivity contribution in [2.24, 2.45) is 11.8 Å². The van der Waals surface area contributed by atoms with Crippen molar-refractivity contribution in [3.05, 3.63) is 58.3 Å². The molecule has 0 amide bonds. The number of hydrogen-bond acceptors (Lipinski definition) is 2. The Bertz CT molecular complexity index is 589. The molecule has 0 unspecified atom stereocenters. The predicted molar refractivity (Wildman–Crippen MR) is 85.5 cm³/mol. The molecule has 0 saturated carbocycles. The molecular weight excluding hydrogens is 278 g/mol. The highest BCUT2D eigenvalue weighted by Crippen LogP contribution is 2.45. The molecule has 3 fully saturated rings. The molecule has 2 nitrogen and oxygen atoms in total. The Hall–Kier alpha value is -1.16. The number of benzene rings is 1. The van der Waals surface area contributed by atoms with Gasteiger partial charge in [-0.2, -0.15) is 0 Å². The lowest BCUT2D eigenvalue weighted by Gasteiger charge is -2.48. The Kier molecular flexibility index (Phi) is 3.37. The molecule has 3 aliphatic heterocycles. The molecule has 2 N–H and O–H groups in total. The van der Waals surface area contributed by atoms with Crippen molar-refractivity contribution in [3.8, 4) is 0 Å². The highest BCUT2D eigenvalue weighted by atomic mass is 32.1. The van der Waals surface area contributed by atoms with Crippen molar-refractivity contribution < 1.29 is 10.0 Å². The van der Waals surface area contributed by atoms with E-state index in [4.69, 9.17) is 0 Å². The lowest BCUT2D eigenvalue weighted by molar-refractivity contribution is -0.922. The molecule has 2 bridgehead atoms. The molecule has 21 heavy (non-hydrogen) atoms. The van der Waals surface area contributed by atoms with Gasteiger partial charge in [-0.25, -0.2) is 0 Å². The second-order valence-electron chi connectivity index (χ2n) is 6.51. The van der Waals surface area contributed by atoms with Crippen LogP contribution < -0.4 is 4.90 Å². The fraction of sp³-hybridized carbons (Fsp3) is 0.444. The first-order chi connectivity index (χ1) is 10.3. The molecule has 5 rings (SSSR count). The van der Waals surface area contributed by atoms with Crippen molar-refractivity contribution in [2.45, 2.75) is 18.4 Å². The summed E-state index contributed by atoms with van der Waals surface area (Å²) >= 11 is 1.69. The van der Waals surface area contributed by atoms with Crippen LogP contribution in [0.25, 0.3) is 0 Å². The van der Waals surface area contributed by atoms with Gasteiger partial charge in [0.05, 0.1) is 19.6 Å². The summed E-state index contributed by atoms with van der Waals surface area (Å²) in [7, 11) is 0. The number of thiophene rings is 1. The average Bonchev–Trinajstić information content (AvgIpc) is 3.11. The van der Waals surface area contributed by atoms with E-state index >= 15 is 0 Å². The normalized spacial score (nSPS) is 31.0. The van der Waals surface area contributed by atoms with Crippen LogP contribution in [0.4, 0.5) is 0 Å². The third-order valence-electron chi connectivity index (χ3n) is 5.46. The quantitative estimate of drug-likeness (QED) is 0.889. The number of quaternary nitrogens is 1. The number of piperidine rings is 3. The number of fused-ring (bicyclic) bond motifs is 3. The van der Waals surface area contributed by atoms with Gasteiger partial charge >= 0.3 is 0 Å². The smallest absolute Gasteiger partial charge is 0.132 e. The minimum atomic E-state index is -0.813. The molecule has 2 atom stereocenters. The fourth-order valence-corrected chi connectivity index (χ4v) is 5.26. The maximum absolute atomic E-state index is 11.8. The standard InChI is InChI=1S/C18H21NOS/c20-18(17-7-4-12-21-17,15-5-2-1-3-6-15)16-13-19-10-8-14(16)9-11-19/h1-7,12,14,16,20H,8-11,13H2/p+1/t16-,18-/m1/s1. The summed E-state index contributed by atoms with van der Waals surface area (Å²) in [5.41, 5.74) is 0.247. The SMILES string of the molecule is O[C@@](c1ccccc1)(c1cccs1)[C@@H]1C[NH+]2CCC1CC2. The number of rotatable bonds is 3. The maximum Gasteiger partial charge on any atom is 0.132 e. The second-order valence-corrected chi connectivity index (χ2v) is 7.46. The highest BCUT2D eigenvalue weighted by molar-refractivity contribution is 7.10. The van der Waals surface area contributed by atoms with Crippen LogP contribution in [-0.2, 0) is 5.60 Å². The van der Waals surface area contributed by atoms with Crippen molar-refractivity contribution in [3.63, 3.8) is 0 Å². The van der Waals surface area contributed by atoms with E-state index in [1.54, 1.807) is 16.2 Å². The highest BCUT2D eigenvalue weighted by Gasteiger charge is 2.51. The van der Waals surface area contributed by atoms with Crippen LogP contribution in [0.2, 0.25) is 0 Å². The van der Waals surface area contributed by atoms with Gasteiger partial charge in [0.25, 0.3) is 0 Å². The summed E-state index contributed by atoms with van der Waals surface area (Å²) in [4.78, 5) is 2.78. The molecule has 110 valence electrons. The molecule has 1 aromatic heterocycles. The van der Waals surface area contributed by atoms with Crippen LogP contribution in [0.3, 0.4) is 0 Å². The zero-order chi connectivity index (χ0) is 14.3. The van der Waals surface area contributed by atoms with Crippen LogP contribution >= 0.6 is 11.3 Å². The molecule has 3 saturated heterocycles. The minimum Gasteiger partial charge on any atom is -0.379 e. The summed E-state index contributed by atoms with van der Waals surface area (Å²) < 4.78 is 0. The monoisotopic (exact) mass is 300 g/mol. The summed E-state index contributed by atoms with van der Waals surface area (Å²) in [5, 5.41) is 13.9. The lowest BCUT2D eigenvalue weighted by atomic mass is 9.67. The van der Waals surface area contributed by atoms with E-state index in [0.717, 1.165) is 17.0 Å². The van der Waals surface area contributed by atoms with E-state index in [1.807, 2.05) is 18.2 Å².